The molecule has 0 saturated heterocycles. The number of fused-ring (bicyclic) bond motifs is 1. The molecule has 1 aromatic carbocycles. The molecule has 0 N–H and O–H groups in total. The Labute approximate surface area is 122 Å². The summed E-state index contributed by atoms with van der Waals surface area (Å²) in [4.78, 5) is 17.9. The zero-order valence-electron chi connectivity index (χ0n) is 9.96. The second-order valence-electron chi connectivity index (χ2n) is 3.95. The normalized spacial score (nSPS) is 10.8. The minimum atomic E-state index is -0.167. The SMILES string of the molecule is CN(c1ccc(Cl)cc1)c1nc(=O)c2sccc2s1. The number of aromatic nitrogens is 1. The lowest BCUT2D eigenvalue weighted by atomic mass is 10.3. The first kappa shape index (κ1) is 12.6. The minimum Gasteiger partial charge on any atom is -0.321 e. The molecule has 0 bridgehead atoms. The van der Waals surface area contributed by atoms with E-state index in [0.29, 0.717) is 10.2 Å². The average molecular weight is 309 g/mol. The molecular formula is C13H9ClN2OS2. The Morgan fingerprint density at radius 2 is 1.95 bits per heavy atom. The summed E-state index contributed by atoms with van der Waals surface area (Å²) < 4.78 is 1.69. The molecule has 0 amide bonds. The Morgan fingerprint density at radius 1 is 1.21 bits per heavy atom. The Hall–Kier alpha value is -1.43. The van der Waals surface area contributed by atoms with Gasteiger partial charge in [-0.2, -0.15) is 4.98 Å². The van der Waals surface area contributed by atoms with Crippen LogP contribution in [0.5, 0.6) is 0 Å². The maximum Gasteiger partial charge on any atom is 0.291 e. The van der Waals surface area contributed by atoms with Crippen LogP contribution in [-0.2, 0) is 0 Å². The topological polar surface area (TPSA) is 33.2 Å². The first-order valence-corrected chi connectivity index (χ1v) is 7.60. The molecule has 0 saturated carbocycles. The molecule has 19 heavy (non-hydrogen) atoms. The van der Waals surface area contributed by atoms with Crippen LogP contribution in [0.25, 0.3) is 9.40 Å². The van der Waals surface area contributed by atoms with Crippen molar-refractivity contribution in [1.29, 1.82) is 0 Å². The van der Waals surface area contributed by atoms with E-state index in [1.807, 2.05) is 47.7 Å². The van der Waals surface area contributed by atoms with Crippen molar-refractivity contribution in [1.82, 2.24) is 4.98 Å². The molecule has 3 aromatic rings. The highest BCUT2D eigenvalue weighted by Crippen LogP contribution is 2.30. The molecule has 0 atom stereocenters. The molecule has 0 aliphatic heterocycles. The number of benzene rings is 1. The van der Waals surface area contributed by atoms with Crippen LogP contribution in [0.15, 0.2) is 40.5 Å². The molecule has 0 aliphatic rings. The van der Waals surface area contributed by atoms with Gasteiger partial charge in [0.15, 0.2) is 5.13 Å². The van der Waals surface area contributed by atoms with E-state index in [-0.39, 0.29) is 5.56 Å². The van der Waals surface area contributed by atoms with Crippen LogP contribution < -0.4 is 10.5 Å². The van der Waals surface area contributed by atoms with Crippen LogP contribution in [0.3, 0.4) is 0 Å². The van der Waals surface area contributed by atoms with Crippen LogP contribution in [-0.4, -0.2) is 12.0 Å². The summed E-state index contributed by atoms with van der Waals surface area (Å²) in [6, 6.07) is 9.39. The van der Waals surface area contributed by atoms with Gasteiger partial charge in [-0.25, -0.2) is 0 Å². The van der Waals surface area contributed by atoms with Crippen LogP contribution in [0, 0.1) is 0 Å². The Kier molecular flexibility index (Phi) is 3.26. The molecule has 2 aromatic heterocycles. The molecule has 3 nitrogen and oxygen atoms in total. The summed E-state index contributed by atoms with van der Waals surface area (Å²) in [7, 11) is 1.89. The Morgan fingerprint density at radius 3 is 2.68 bits per heavy atom. The van der Waals surface area contributed by atoms with E-state index in [0.717, 1.165) is 15.1 Å². The first-order chi connectivity index (χ1) is 9.15. The molecule has 0 fully saturated rings. The maximum atomic E-state index is 11.9. The van der Waals surface area contributed by atoms with Gasteiger partial charge in [0.05, 0.1) is 4.70 Å². The van der Waals surface area contributed by atoms with E-state index in [1.54, 1.807) is 0 Å². The summed E-state index contributed by atoms with van der Waals surface area (Å²) in [6.45, 7) is 0. The largest absolute Gasteiger partial charge is 0.321 e. The first-order valence-electron chi connectivity index (χ1n) is 5.53. The second kappa shape index (κ2) is 4.92. The Bertz CT molecular complexity index is 779. The van der Waals surface area contributed by atoms with Crippen LogP contribution in [0.4, 0.5) is 10.8 Å². The van der Waals surface area contributed by atoms with E-state index >= 15 is 0 Å². The van der Waals surface area contributed by atoms with Crippen molar-refractivity contribution in [3.8, 4) is 0 Å². The lowest BCUT2D eigenvalue weighted by Gasteiger charge is -2.17. The standard InChI is InChI=1S/C13H9ClN2OS2/c1-16(9-4-2-8(14)3-5-9)13-15-12(17)11-10(19-13)6-7-18-11/h2-7H,1H3. The van der Waals surface area contributed by atoms with Gasteiger partial charge in [-0.1, -0.05) is 22.9 Å². The van der Waals surface area contributed by atoms with Gasteiger partial charge in [0.25, 0.3) is 5.56 Å². The van der Waals surface area contributed by atoms with Crippen molar-refractivity contribution in [3.63, 3.8) is 0 Å². The van der Waals surface area contributed by atoms with Gasteiger partial charge in [0.2, 0.25) is 0 Å². The number of rotatable bonds is 2. The van der Waals surface area contributed by atoms with E-state index in [4.69, 9.17) is 11.6 Å². The van der Waals surface area contributed by atoms with Crippen LogP contribution in [0.1, 0.15) is 0 Å². The zero-order valence-corrected chi connectivity index (χ0v) is 12.4. The third-order valence-corrected chi connectivity index (χ3v) is 5.11. The fraction of sp³-hybridized carbons (Fsp3) is 0.0769. The molecular weight excluding hydrogens is 300 g/mol. The highest BCUT2D eigenvalue weighted by Gasteiger charge is 2.10. The van der Waals surface area contributed by atoms with Gasteiger partial charge >= 0.3 is 0 Å². The summed E-state index contributed by atoms with van der Waals surface area (Å²) in [6.07, 6.45) is 0. The van der Waals surface area contributed by atoms with Crippen molar-refractivity contribution in [3.05, 3.63) is 51.1 Å². The van der Waals surface area contributed by atoms with Gasteiger partial charge in [-0.15, -0.1) is 11.3 Å². The van der Waals surface area contributed by atoms with Crippen LogP contribution in [0.2, 0.25) is 5.02 Å². The third kappa shape index (κ3) is 2.36. The number of thiophene rings is 1. The van der Waals surface area contributed by atoms with Crippen molar-refractivity contribution >= 4 is 54.5 Å². The highest BCUT2D eigenvalue weighted by atomic mass is 35.5. The fourth-order valence-corrected chi connectivity index (χ4v) is 3.75. The lowest BCUT2D eigenvalue weighted by molar-refractivity contribution is 1.15. The summed E-state index contributed by atoms with van der Waals surface area (Å²) >= 11 is 8.81. The predicted molar refractivity (Wildman–Crippen MR) is 83.3 cm³/mol. The van der Waals surface area contributed by atoms with Gasteiger partial charge < -0.3 is 4.90 Å². The van der Waals surface area contributed by atoms with Gasteiger partial charge in [0, 0.05) is 17.8 Å². The number of hydrogen-bond donors (Lipinski definition) is 0. The number of nitrogens with zero attached hydrogens (tertiary/aromatic N) is 2. The summed E-state index contributed by atoms with van der Waals surface area (Å²) in [5, 5.41) is 3.28. The lowest BCUT2D eigenvalue weighted by Crippen LogP contribution is -2.14. The molecule has 6 heteroatoms. The molecule has 3 rings (SSSR count). The predicted octanol–water partition coefficient (Wildman–Crippen LogP) is 4.14. The van der Waals surface area contributed by atoms with Gasteiger partial charge in [0.1, 0.15) is 4.70 Å². The van der Waals surface area contributed by atoms with Crippen LogP contribution >= 0.6 is 34.3 Å². The molecule has 96 valence electrons. The number of halogens is 1. The van der Waals surface area contributed by atoms with E-state index < -0.39 is 0 Å². The Balaban J connectivity index is 2.08. The maximum absolute atomic E-state index is 11.9. The van der Waals surface area contributed by atoms with E-state index in [2.05, 4.69) is 4.98 Å². The molecule has 2 heterocycles. The summed E-state index contributed by atoms with van der Waals surface area (Å²) in [5.74, 6) is 0. The molecule has 0 spiro atoms. The van der Waals surface area contributed by atoms with E-state index in [1.165, 1.54) is 22.7 Å². The van der Waals surface area contributed by atoms with Crippen molar-refractivity contribution < 1.29 is 0 Å². The minimum absolute atomic E-state index is 0.167. The monoisotopic (exact) mass is 308 g/mol. The van der Waals surface area contributed by atoms with Crippen molar-refractivity contribution in [2.45, 2.75) is 0 Å². The highest BCUT2D eigenvalue weighted by molar-refractivity contribution is 7.27. The smallest absolute Gasteiger partial charge is 0.291 e. The van der Waals surface area contributed by atoms with E-state index in [9.17, 15) is 4.79 Å². The molecule has 0 aliphatic carbocycles. The van der Waals surface area contributed by atoms with Gasteiger partial charge in [-0.05, 0) is 35.7 Å². The summed E-state index contributed by atoms with van der Waals surface area (Å²) in [5.41, 5.74) is 0.779. The fourth-order valence-electron chi connectivity index (χ4n) is 1.71. The average Bonchev–Trinajstić information content (AvgIpc) is 2.87. The van der Waals surface area contributed by atoms with Gasteiger partial charge in [-0.3, -0.25) is 4.79 Å². The van der Waals surface area contributed by atoms with Crippen molar-refractivity contribution in [2.24, 2.45) is 0 Å². The molecule has 0 unspecified atom stereocenters. The molecule has 0 radical (unpaired) electrons. The second-order valence-corrected chi connectivity index (χ2v) is 6.31. The quantitative estimate of drug-likeness (QED) is 0.713. The number of anilines is 2. The van der Waals surface area contributed by atoms with Crippen molar-refractivity contribution in [2.75, 3.05) is 11.9 Å². The number of hydrogen-bond acceptors (Lipinski definition) is 5. The zero-order chi connectivity index (χ0) is 13.4. The third-order valence-electron chi connectivity index (χ3n) is 2.72.